The number of benzene rings is 2. The molecule has 0 aromatic heterocycles. The van der Waals surface area contributed by atoms with Crippen LogP contribution in [-0.2, 0) is 4.79 Å². The number of likely N-dealkylation sites (N-methyl/N-ethyl adjacent to an activating group) is 1. The van der Waals surface area contributed by atoms with Gasteiger partial charge < -0.3 is 14.7 Å². The third-order valence-corrected chi connectivity index (χ3v) is 3.91. The fourth-order valence-electron chi connectivity index (χ4n) is 2.82. The number of nitrogens with zero attached hydrogens (tertiary/aromatic N) is 1. The largest absolute Gasteiger partial charge is 0.508 e. The molecule has 2 heterocycles. The minimum Gasteiger partial charge on any atom is -0.508 e. The van der Waals surface area contributed by atoms with Crippen molar-refractivity contribution in [3.8, 4) is 11.5 Å². The molecule has 2 aromatic rings. The Morgan fingerprint density at radius 3 is 2.64 bits per heavy atom. The van der Waals surface area contributed by atoms with E-state index in [0.717, 1.165) is 5.69 Å². The van der Waals surface area contributed by atoms with Crippen molar-refractivity contribution in [1.82, 2.24) is 0 Å². The van der Waals surface area contributed by atoms with Crippen molar-refractivity contribution in [2.45, 2.75) is 0 Å². The lowest BCUT2D eigenvalue weighted by Gasteiger charge is -2.08. The fourth-order valence-corrected chi connectivity index (χ4v) is 2.82. The molecule has 0 bridgehead atoms. The van der Waals surface area contributed by atoms with E-state index in [1.165, 1.54) is 23.1 Å². The van der Waals surface area contributed by atoms with Crippen molar-refractivity contribution >= 4 is 23.0 Å². The smallest absolute Gasteiger partial charge is 0.262 e. The number of aromatic hydroxyl groups is 1. The van der Waals surface area contributed by atoms with Crippen molar-refractivity contribution in [1.29, 1.82) is 0 Å². The third-order valence-electron chi connectivity index (χ3n) is 3.91. The summed E-state index contributed by atoms with van der Waals surface area (Å²) in [6, 6.07) is 11.5. The summed E-state index contributed by atoms with van der Waals surface area (Å²) in [6.07, 6.45) is 0. The van der Waals surface area contributed by atoms with Gasteiger partial charge in [-0.25, -0.2) is 0 Å². The number of Topliss-reactive ketones (excluding diaryl/α,β-unsaturated/α-hetero) is 1. The summed E-state index contributed by atoms with van der Waals surface area (Å²) < 4.78 is 5.58. The van der Waals surface area contributed by atoms with E-state index in [0.29, 0.717) is 11.1 Å². The van der Waals surface area contributed by atoms with Gasteiger partial charge in [0.25, 0.3) is 5.91 Å². The number of amides is 1. The van der Waals surface area contributed by atoms with Crippen LogP contribution in [0.1, 0.15) is 15.9 Å². The van der Waals surface area contributed by atoms with Crippen LogP contribution < -0.4 is 9.64 Å². The Kier molecular flexibility index (Phi) is 2.42. The SMILES string of the molecule is CN1C(=O)C(=C2Oc3cc(O)ccc3C2=O)c2ccccc21. The maximum atomic E-state index is 12.5. The molecule has 0 fully saturated rings. The van der Waals surface area contributed by atoms with Crippen LogP contribution in [0.15, 0.2) is 48.2 Å². The summed E-state index contributed by atoms with van der Waals surface area (Å²) in [6.45, 7) is 0. The van der Waals surface area contributed by atoms with Crippen LogP contribution in [-0.4, -0.2) is 23.8 Å². The van der Waals surface area contributed by atoms with Crippen molar-refractivity contribution in [3.63, 3.8) is 0 Å². The van der Waals surface area contributed by atoms with Crippen LogP contribution in [0.4, 0.5) is 5.69 Å². The van der Waals surface area contributed by atoms with E-state index in [4.69, 9.17) is 4.74 Å². The first-order valence-corrected chi connectivity index (χ1v) is 6.75. The summed E-state index contributed by atoms with van der Waals surface area (Å²) in [5.41, 5.74) is 2.03. The summed E-state index contributed by atoms with van der Waals surface area (Å²) >= 11 is 0. The number of ketones is 1. The second-order valence-electron chi connectivity index (χ2n) is 5.20. The second-order valence-corrected chi connectivity index (χ2v) is 5.20. The molecule has 2 aromatic carbocycles. The number of phenolic OH excluding ortho intramolecular Hbond substituents is 1. The van der Waals surface area contributed by atoms with E-state index < -0.39 is 0 Å². The van der Waals surface area contributed by atoms with Crippen molar-refractivity contribution < 1.29 is 19.4 Å². The van der Waals surface area contributed by atoms with Gasteiger partial charge >= 0.3 is 0 Å². The molecule has 1 amide bonds. The topological polar surface area (TPSA) is 66.8 Å². The molecule has 0 unspecified atom stereocenters. The Labute approximate surface area is 126 Å². The molecule has 0 saturated heterocycles. The molecule has 4 rings (SSSR count). The van der Waals surface area contributed by atoms with Crippen molar-refractivity contribution in [2.24, 2.45) is 0 Å². The lowest BCUT2D eigenvalue weighted by Crippen LogP contribution is -2.22. The van der Waals surface area contributed by atoms with Crippen LogP contribution >= 0.6 is 0 Å². The number of carbonyl (C=O) groups excluding carboxylic acids is 2. The van der Waals surface area contributed by atoms with Gasteiger partial charge in [0.05, 0.1) is 16.8 Å². The number of para-hydroxylation sites is 1. The zero-order valence-electron chi connectivity index (χ0n) is 11.7. The summed E-state index contributed by atoms with van der Waals surface area (Å²) in [5.74, 6) is -0.326. The average Bonchev–Trinajstić information content (AvgIpc) is 2.95. The Hall–Kier alpha value is -3.08. The number of hydrogen-bond acceptors (Lipinski definition) is 4. The van der Waals surface area contributed by atoms with Crippen LogP contribution in [0.5, 0.6) is 11.5 Å². The monoisotopic (exact) mass is 293 g/mol. The Morgan fingerprint density at radius 2 is 1.82 bits per heavy atom. The number of phenols is 1. The highest BCUT2D eigenvalue weighted by atomic mass is 16.5. The van der Waals surface area contributed by atoms with Gasteiger partial charge in [0, 0.05) is 18.7 Å². The number of hydrogen-bond donors (Lipinski definition) is 1. The Balaban J connectivity index is 1.94. The molecule has 5 heteroatoms. The first-order valence-electron chi connectivity index (χ1n) is 6.75. The predicted octanol–water partition coefficient (Wildman–Crippen LogP) is 2.36. The van der Waals surface area contributed by atoms with E-state index >= 15 is 0 Å². The third kappa shape index (κ3) is 1.53. The number of allylic oxidation sites excluding steroid dienone is 1. The average molecular weight is 293 g/mol. The number of ether oxygens (including phenoxy) is 1. The first kappa shape index (κ1) is 12.6. The van der Waals surface area contributed by atoms with E-state index in [1.807, 2.05) is 18.2 Å². The maximum Gasteiger partial charge on any atom is 0.262 e. The van der Waals surface area contributed by atoms with Gasteiger partial charge in [0.1, 0.15) is 11.5 Å². The van der Waals surface area contributed by atoms with Gasteiger partial charge in [0.2, 0.25) is 5.78 Å². The van der Waals surface area contributed by atoms with Gasteiger partial charge in [-0.2, -0.15) is 0 Å². The zero-order valence-corrected chi connectivity index (χ0v) is 11.7. The van der Waals surface area contributed by atoms with Crippen LogP contribution in [0, 0.1) is 0 Å². The highest BCUT2D eigenvalue weighted by molar-refractivity contribution is 6.37. The van der Waals surface area contributed by atoms with Crippen LogP contribution in [0.2, 0.25) is 0 Å². The molecule has 0 radical (unpaired) electrons. The minimum absolute atomic E-state index is 0.00747. The molecular weight excluding hydrogens is 282 g/mol. The van der Waals surface area contributed by atoms with Gasteiger partial charge in [-0.15, -0.1) is 0 Å². The van der Waals surface area contributed by atoms with Crippen molar-refractivity contribution in [3.05, 3.63) is 59.4 Å². The molecular formula is C17H11NO4. The Morgan fingerprint density at radius 1 is 1.05 bits per heavy atom. The molecule has 0 spiro atoms. The van der Waals surface area contributed by atoms with Crippen LogP contribution in [0.3, 0.4) is 0 Å². The first-order chi connectivity index (χ1) is 10.6. The quantitative estimate of drug-likeness (QED) is 0.757. The molecule has 0 saturated carbocycles. The number of fused-ring (bicyclic) bond motifs is 2. The predicted molar refractivity (Wildman–Crippen MR) is 79.8 cm³/mol. The molecule has 2 aliphatic heterocycles. The summed E-state index contributed by atoms with van der Waals surface area (Å²) in [4.78, 5) is 26.5. The highest BCUT2D eigenvalue weighted by Gasteiger charge is 2.39. The second kappa shape index (κ2) is 4.21. The molecule has 2 aliphatic rings. The van der Waals surface area contributed by atoms with E-state index in [-0.39, 0.29) is 34.5 Å². The number of anilines is 1. The highest BCUT2D eigenvalue weighted by Crippen LogP contribution is 2.42. The molecule has 0 atom stereocenters. The van der Waals surface area contributed by atoms with Gasteiger partial charge in [-0.05, 0) is 18.2 Å². The standard InChI is InChI=1S/C17H11NO4/c1-18-12-5-3-2-4-10(12)14(17(18)21)16-15(20)11-7-6-9(19)8-13(11)22-16/h2-8,19H,1H3. The van der Waals surface area contributed by atoms with Crippen LogP contribution in [0.25, 0.3) is 5.57 Å². The fraction of sp³-hybridized carbons (Fsp3) is 0.0588. The van der Waals surface area contributed by atoms with Gasteiger partial charge in [0.15, 0.2) is 5.76 Å². The Bertz CT molecular complexity index is 882. The minimum atomic E-state index is -0.344. The molecule has 108 valence electrons. The number of rotatable bonds is 0. The molecule has 5 nitrogen and oxygen atoms in total. The van der Waals surface area contributed by atoms with E-state index in [2.05, 4.69) is 0 Å². The van der Waals surface area contributed by atoms with Gasteiger partial charge in [-0.1, -0.05) is 18.2 Å². The van der Waals surface area contributed by atoms with Gasteiger partial charge in [-0.3, -0.25) is 9.59 Å². The van der Waals surface area contributed by atoms with E-state index in [9.17, 15) is 14.7 Å². The lowest BCUT2D eigenvalue weighted by atomic mass is 10.0. The van der Waals surface area contributed by atoms with E-state index in [1.54, 1.807) is 13.1 Å². The lowest BCUT2D eigenvalue weighted by molar-refractivity contribution is -0.112. The normalized spacial score (nSPS) is 19.2. The summed E-state index contributed by atoms with van der Waals surface area (Å²) in [5, 5.41) is 9.50. The zero-order chi connectivity index (χ0) is 15.4. The molecule has 22 heavy (non-hydrogen) atoms. The number of carbonyl (C=O) groups is 2. The maximum absolute atomic E-state index is 12.5. The summed E-state index contributed by atoms with van der Waals surface area (Å²) in [7, 11) is 1.66. The molecule has 1 N–H and O–H groups in total. The van der Waals surface area contributed by atoms with Crippen molar-refractivity contribution in [2.75, 3.05) is 11.9 Å². The molecule has 0 aliphatic carbocycles.